The highest BCUT2D eigenvalue weighted by molar-refractivity contribution is 7.99. The summed E-state index contributed by atoms with van der Waals surface area (Å²) in [7, 11) is 3.64. The molecule has 2 aliphatic rings. The lowest BCUT2D eigenvalue weighted by atomic mass is 10.1. The van der Waals surface area contributed by atoms with Gasteiger partial charge in [-0.1, -0.05) is 6.92 Å². The number of aliphatic imine (C=N–C) groups is 1. The van der Waals surface area contributed by atoms with Crippen molar-refractivity contribution in [1.29, 1.82) is 0 Å². The van der Waals surface area contributed by atoms with E-state index >= 15 is 0 Å². The standard InChI is InChI=1S/C29H36N8O2S/c1-6-40-22-12-11-21(30-14-22)13-31-23(15-38)35-25-17(2)34-27(36-28(25)37(4)18(3)19-7-8-19)24-26(20-9-10-20)32-16-33-29(24)39-5/h11-12,14-16,18-20H,6-10,13H2,1-5H3,(H,31,35). The van der Waals surface area contributed by atoms with Gasteiger partial charge in [0.25, 0.3) is 0 Å². The summed E-state index contributed by atoms with van der Waals surface area (Å²) in [6.07, 6.45) is 8.65. The van der Waals surface area contributed by atoms with Gasteiger partial charge in [-0.25, -0.2) is 19.9 Å². The van der Waals surface area contributed by atoms with Crippen molar-refractivity contribution in [1.82, 2.24) is 24.9 Å². The van der Waals surface area contributed by atoms with Crippen LogP contribution in [0.4, 0.5) is 11.5 Å². The number of pyridine rings is 1. The number of hydrogen-bond acceptors (Lipinski definition) is 10. The van der Waals surface area contributed by atoms with Gasteiger partial charge in [0, 0.05) is 30.1 Å². The molecule has 0 saturated heterocycles. The third-order valence-electron chi connectivity index (χ3n) is 7.43. The molecule has 0 radical (unpaired) electrons. The molecule has 40 heavy (non-hydrogen) atoms. The molecule has 3 heterocycles. The van der Waals surface area contributed by atoms with E-state index in [0.29, 0.717) is 40.7 Å². The van der Waals surface area contributed by atoms with Gasteiger partial charge in [-0.15, -0.1) is 11.8 Å². The lowest BCUT2D eigenvalue weighted by Crippen LogP contribution is -2.33. The lowest BCUT2D eigenvalue weighted by molar-refractivity contribution is -0.102. The van der Waals surface area contributed by atoms with Crippen LogP contribution in [0.15, 0.2) is 34.5 Å². The Kier molecular flexibility index (Phi) is 8.58. The van der Waals surface area contributed by atoms with Gasteiger partial charge in [-0.3, -0.25) is 14.8 Å². The van der Waals surface area contributed by atoms with Crippen molar-refractivity contribution < 1.29 is 9.53 Å². The first kappa shape index (κ1) is 27.9. The molecule has 0 bridgehead atoms. The number of hydrogen-bond donors (Lipinski definition) is 1. The summed E-state index contributed by atoms with van der Waals surface area (Å²) in [6, 6.07) is 4.23. The lowest BCUT2D eigenvalue weighted by Gasteiger charge is -2.29. The van der Waals surface area contributed by atoms with Crippen molar-refractivity contribution >= 4 is 35.4 Å². The van der Waals surface area contributed by atoms with Crippen LogP contribution in [0, 0.1) is 12.8 Å². The fourth-order valence-electron chi connectivity index (χ4n) is 4.73. The van der Waals surface area contributed by atoms with Gasteiger partial charge in [-0.05, 0) is 63.3 Å². The third-order valence-corrected chi connectivity index (χ3v) is 8.29. The van der Waals surface area contributed by atoms with Crippen LogP contribution in [0.3, 0.4) is 0 Å². The number of aromatic nitrogens is 5. The highest BCUT2D eigenvalue weighted by Crippen LogP contribution is 2.46. The van der Waals surface area contributed by atoms with Crippen molar-refractivity contribution in [3.63, 3.8) is 0 Å². The predicted octanol–water partition coefficient (Wildman–Crippen LogP) is 5.08. The molecule has 2 saturated carbocycles. The van der Waals surface area contributed by atoms with Crippen LogP contribution in [0.25, 0.3) is 11.4 Å². The maximum absolute atomic E-state index is 12.1. The largest absolute Gasteiger partial charge is 0.480 e. The number of amidine groups is 1. The van der Waals surface area contributed by atoms with E-state index in [0.717, 1.165) is 46.7 Å². The zero-order valence-electron chi connectivity index (χ0n) is 23.7. The molecule has 1 N–H and O–H groups in total. The van der Waals surface area contributed by atoms with E-state index in [1.54, 1.807) is 25.2 Å². The van der Waals surface area contributed by atoms with E-state index in [2.05, 4.69) is 44.0 Å². The smallest absolute Gasteiger partial charge is 0.227 e. The van der Waals surface area contributed by atoms with E-state index in [4.69, 9.17) is 14.7 Å². The molecule has 2 fully saturated rings. The van der Waals surface area contributed by atoms with Crippen molar-refractivity contribution in [2.75, 3.05) is 30.1 Å². The highest BCUT2D eigenvalue weighted by Gasteiger charge is 2.34. The minimum absolute atomic E-state index is 0.196. The van der Waals surface area contributed by atoms with Crippen LogP contribution in [0.1, 0.15) is 62.5 Å². The Morgan fingerprint density at radius 2 is 2.02 bits per heavy atom. The van der Waals surface area contributed by atoms with Crippen LogP contribution in [-0.4, -0.2) is 63.0 Å². The molecule has 10 nitrogen and oxygen atoms in total. The Morgan fingerprint density at radius 1 is 1.23 bits per heavy atom. The molecule has 0 aliphatic heterocycles. The van der Waals surface area contributed by atoms with Crippen LogP contribution in [-0.2, 0) is 11.3 Å². The Balaban J connectivity index is 1.51. The molecule has 2 aliphatic carbocycles. The number of nitrogens with one attached hydrogen (secondary N) is 1. The van der Waals surface area contributed by atoms with Gasteiger partial charge in [0.05, 0.1) is 30.7 Å². The number of carbonyl (C=O) groups is 1. The second kappa shape index (κ2) is 12.3. The quantitative estimate of drug-likeness (QED) is 0.139. The van der Waals surface area contributed by atoms with E-state index in [1.807, 2.05) is 32.3 Å². The van der Waals surface area contributed by atoms with Crippen molar-refractivity contribution in [3.8, 4) is 17.3 Å². The van der Waals surface area contributed by atoms with Gasteiger partial charge < -0.3 is 15.0 Å². The predicted molar refractivity (Wildman–Crippen MR) is 158 cm³/mol. The maximum atomic E-state index is 12.1. The molecular weight excluding hydrogens is 524 g/mol. The summed E-state index contributed by atoms with van der Waals surface area (Å²) in [5.74, 6) is 3.83. The number of carbonyl (C=O) groups excluding carboxylic acids is 1. The van der Waals surface area contributed by atoms with E-state index in [-0.39, 0.29) is 18.4 Å². The molecule has 3 aromatic heterocycles. The summed E-state index contributed by atoms with van der Waals surface area (Å²) in [5.41, 5.74) is 3.78. The first-order valence-electron chi connectivity index (χ1n) is 13.8. The monoisotopic (exact) mass is 560 g/mol. The van der Waals surface area contributed by atoms with Crippen molar-refractivity contribution in [3.05, 3.63) is 41.7 Å². The van der Waals surface area contributed by atoms with E-state index < -0.39 is 0 Å². The molecule has 210 valence electrons. The summed E-state index contributed by atoms with van der Waals surface area (Å²) in [6.45, 7) is 6.51. The second-order valence-corrected chi connectivity index (χ2v) is 11.6. The number of thioether (sulfide) groups is 1. The highest BCUT2D eigenvalue weighted by atomic mass is 32.2. The molecule has 1 atom stereocenters. The second-order valence-electron chi connectivity index (χ2n) is 10.3. The number of aldehydes is 1. The fourth-order valence-corrected chi connectivity index (χ4v) is 5.35. The van der Waals surface area contributed by atoms with Gasteiger partial charge >= 0.3 is 0 Å². The molecule has 3 aromatic rings. The summed E-state index contributed by atoms with van der Waals surface area (Å²) in [5, 5.41) is 3.24. The van der Waals surface area contributed by atoms with Crippen molar-refractivity contribution in [2.24, 2.45) is 10.9 Å². The molecule has 5 rings (SSSR count). The van der Waals surface area contributed by atoms with Gasteiger partial charge in [0.1, 0.15) is 17.6 Å². The topological polar surface area (TPSA) is 118 Å². The van der Waals surface area contributed by atoms with Crippen molar-refractivity contribution in [2.45, 2.75) is 69.9 Å². The van der Waals surface area contributed by atoms with Gasteiger partial charge in [0.15, 0.2) is 23.8 Å². The number of aryl methyl sites for hydroxylation is 1. The maximum Gasteiger partial charge on any atom is 0.227 e. The third kappa shape index (κ3) is 6.24. The van der Waals surface area contributed by atoms with Crippen LogP contribution >= 0.6 is 11.8 Å². The molecule has 0 amide bonds. The fraction of sp³-hybridized carbons (Fsp3) is 0.483. The summed E-state index contributed by atoms with van der Waals surface area (Å²) >= 11 is 1.74. The minimum Gasteiger partial charge on any atom is -0.480 e. The SMILES string of the molecule is CCSc1ccc(CN=C(C=O)Nc2c(C)nc(-c3c(OC)ncnc3C3CC3)nc2N(C)C(C)C2CC2)nc1. The van der Waals surface area contributed by atoms with Crippen LogP contribution in [0.5, 0.6) is 5.88 Å². The first-order valence-corrected chi connectivity index (χ1v) is 14.8. The number of methoxy groups -OCH3 is 1. The Hall–Kier alpha value is -3.60. The molecule has 1 unspecified atom stereocenters. The Morgan fingerprint density at radius 3 is 2.65 bits per heavy atom. The van der Waals surface area contributed by atoms with E-state index in [1.165, 1.54) is 12.8 Å². The number of nitrogens with zero attached hydrogens (tertiary/aromatic N) is 7. The summed E-state index contributed by atoms with van der Waals surface area (Å²) in [4.78, 5) is 43.3. The van der Waals surface area contributed by atoms with Crippen LogP contribution < -0.4 is 15.0 Å². The number of anilines is 2. The zero-order valence-corrected chi connectivity index (χ0v) is 24.5. The number of ether oxygens (including phenoxy) is 1. The Labute approximate surface area is 239 Å². The molecule has 0 spiro atoms. The molecule has 0 aromatic carbocycles. The minimum atomic E-state index is 0.196. The van der Waals surface area contributed by atoms with Gasteiger partial charge in [0.2, 0.25) is 5.88 Å². The average molecular weight is 561 g/mol. The van der Waals surface area contributed by atoms with Crippen LogP contribution in [0.2, 0.25) is 0 Å². The number of rotatable bonds is 12. The first-order chi connectivity index (χ1) is 19.4. The normalized spacial score (nSPS) is 16.0. The van der Waals surface area contributed by atoms with E-state index in [9.17, 15) is 4.79 Å². The molecule has 11 heteroatoms. The van der Waals surface area contributed by atoms with Gasteiger partial charge in [-0.2, -0.15) is 0 Å². The molecular formula is C29H36N8O2S. The zero-order chi connectivity index (χ0) is 28.2. The average Bonchev–Trinajstić information content (AvgIpc) is 3.89. The Bertz CT molecular complexity index is 1390. The summed E-state index contributed by atoms with van der Waals surface area (Å²) < 4.78 is 5.63.